The normalized spacial score (nSPS) is 11.0. The number of halogens is 2. The predicted molar refractivity (Wildman–Crippen MR) is 86.8 cm³/mol. The minimum Gasteiger partial charge on any atom is -0.230 e. The lowest BCUT2D eigenvalue weighted by Crippen LogP contribution is -2.32. The monoisotopic (exact) mass is 313 g/mol. The predicted octanol–water partition coefficient (Wildman–Crippen LogP) is 4.43. The Hall–Kier alpha value is -2.49. The van der Waals surface area contributed by atoms with Gasteiger partial charge in [-0.2, -0.15) is 0 Å². The molecule has 0 aliphatic heterocycles. The van der Waals surface area contributed by atoms with Crippen molar-refractivity contribution in [3.8, 4) is 22.5 Å². The van der Waals surface area contributed by atoms with Gasteiger partial charge in [0.15, 0.2) is 11.4 Å². The van der Waals surface area contributed by atoms with E-state index in [1.807, 2.05) is 29.3 Å². The number of nitrogens with zero attached hydrogens (tertiary/aromatic N) is 2. The van der Waals surface area contributed by atoms with Crippen LogP contribution >= 0.6 is 0 Å². The molecule has 23 heavy (non-hydrogen) atoms. The summed E-state index contributed by atoms with van der Waals surface area (Å²) in [5, 5.41) is 0. The number of rotatable bonds is 4. The van der Waals surface area contributed by atoms with Crippen LogP contribution in [-0.4, -0.2) is 4.57 Å². The molecular weight excluding hydrogens is 294 g/mol. The van der Waals surface area contributed by atoms with Crippen LogP contribution in [0.1, 0.15) is 13.8 Å². The van der Waals surface area contributed by atoms with E-state index in [2.05, 4.69) is 0 Å². The Bertz CT molecular complexity index is 769. The summed E-state index contributed by atoms with van der Waals surface area (Å²) in [6.45, 7) is 5.35. The van der Waals surface area contributed by atoms with Gasteiger partial charge >= 0.3 is 0 Å². The Morgan fingerprint density at radius 2 is 1.43 bits per heavy atom. The van der Waals surface area contributed by atoms with E-state index in [1.165, 1.54) is 12.1 Å². The van der Waals surface area contributed by atoms with Gasteiger partial charge in [0.05, 0.1) is 24.2 Å². The Kier molecular flexibility index (Phi) is 4.24. The van der Waals surface area contributed by atoms with Crippen molar-refractivity contribution in [2.75, 3.05) is 0 Å². The Morgan fingerprint density at radius 1 is 0.870 bits per heavy atom. The molecule has 0 aliphatic rings. The van der Waals surface area contributed by atoms with Crippen LogP contribution in [0.3, 0.4) is 0 Å². The van der Waals surface area contributed by atoms with Crippen LogP contribution in [0.2, 0.25) is 0 Å². The molecule has 3 rings (SSSR count). The molecule has 3 aromatic rings. The van der Waals surface area contributed by atoms with Crippen LogP contribution in [0.25, 0.3) is 22.5 Å². The number of imidazole rings is 1. The average Bonchev–Trinajstić information content (AvgIpc) is 2.94. The summed E-state index contributed by atoms with van der Waals surface area (Å²) in [6.07, 6.45) is 1.92. The molecule has 0 aliphatic carbocycles. The fourth-order valence-electron chi connectivity index (χ4n) is 2.91. The second-order valence-corrected chi connectivity index (χ2v) is 5.34. The van der Waals surface area contributed by atoms with Gasteiger partial charge in [0.2, 0.25) is 6.33 Å². The van der Waals surface area contributed by atoms with E-state index in [0.717, 1.165) is 0 Å². The molecule has 0 N–H and O–H groups in total. The molecule has 0 spiro atoms. The molecule has 0 saturated carbocycles. The third kappa shape index (κ3) is 2.65. The summed E-state index contributed by atoms with van der Waals surface area (Å²) in [5.74, 6) is -0.609. The van der Waals surface area contributed by atoms with Gasteiger partial charge in [-0.25, -0.2) is 17.9 Å². The zero-order valence-electron chi connectivity index (χ0n) is 13.3. The van der Waals surface area contributed by atoms with Crippen molar-refractivity contribution in [1.82, 2.24) is 4.57 Å². The highest BCUT2D eigenvalue weighted by Crippen LogP contribution is 2.33. The van der Waals surface area contributed by atoms with Gasteiger partial charge in [0.25, 0.3) is 0 Å². The highest BCUT2D eigenvalue weighted by Gasteiger charge is 2.28. The third-order valence-corrected chi connectivity index (χ3v) is 4.02. The lowest BCUT2D eigenvalue weighted by molar-refractivity contribution is -0.682. The minimum absolute atomic E-state index is 0.304. The molecule has 0 unspecified atom stereocenters. The molecule has 0 fully saturated rings. The topological polar surface area (TPSA) is 8.81 Å². The molecule has 0 atom stereocenters. The highest BCUT2D eigenvalue weighted by atomic mass is 19.1. The van der Waals surface area contributed by atoms with Gasteiger partial charge in [0.1, 0.15) is 11.6 Å². The zero-order chi connectivity index (χ0) is 16.4. The smallest absolute Gasteiger partial charge is 0.230 e. The fourth-order valence-corrected chi connectivity index (χ4v) is 2.91. The first-order valence-electron chi connectivity index (χ1n) is 7.79. The lowest BCUT2D eigenvalue weighted by Gasteiger charge is -2.06. The first kappa shape index (κ1) is 15.4. The van der Waals surface area contributed by atoms with E-state index in [1.54, 1.807) is 36.4 Å². The first-order valence-corrected chi connectivity index (χ1v) is 7.79. The van der Waals surface area contributed by atoms with E-state index in [4.69, 9.17) is 0 Å². The molecule has 0 bridgehead atoms. The van der Waals surface area contributed by atoms with Crippen molar-refractivity contribution in [3.05, 3.63) is 66.5 Å². The summed E-state index contributed by atoms with van der Waals surface area (Å²) < 4.78 is 32.7. The Morgan fingerprint density at radius 3 is 1.96 bits per heavy atom. The van der Waals surface area contributed by atoms with E-state index in [9.17, 15) is 8.78 Å². The molecule has 0 radical (unpaired) electrons. The Labute approximate surface area is 134 Å². The lowest BCUT2D eigenvalue weighted by atomic mass is 10.0. The number of benzene rings is 2. The second kappa shape index (κ2) is 6.32. The number of aryl methyl sites for hydroxylation is 2. The average molecular weight is 313 g/mol. The van der Waals surface area contributed by atoms with Crippen LogP contribution in [0.5, 0.6) is 0 Å². The van der Waals surface area contributed by atoms with Gasteiger partial charge in [-0.1, -0.05) is 24.3 Å². The summed E-state index contributed by atoms with van der Waals surface area (Å²) in [5.41, 5.74) is 2.38. The quantitative estimate of drug-likeness (QED) is 0.630. The van der Waals surface area contributed by atoms with Crippen molar-refractivity contribution < 1.29 is 13.3 Å². The van der Waals surface area contributed by atoms with Crippen LogP contribution in [0.15, 0.2) is 54.9 Å². The van der Waals surface area contributed by atoms with E-state index in [0.29, 0.717) is 35.6 Å². The number of aromatic nitrogens is 2. The fraction of sp³-hybridized carbons (Fsp3) is 0.211. The summed E-state index contributed by atoms with van der Waals surface area (Å²) in [7, 11) is 0. The molecular formula is C19H19F2N2+. The molecule has 2 nitrogen and oxygen atoms in total. The molecule has 0 saturated heterocycles. The maximum atomic E-state index is 14.4. The molecule has 4 heteroatoms. The third-order valence-electron chi connectivity index (χ3n) is 4.02. The van der Waals surface area contributed by atoms with E-state index >= 15 is 0 Å². The number of hydrogen-bond donors (Lipinski definition) is 0. The molecule has 0 amide bonds. The van der Waals surface area contributed by atoms with E-state index in [-0.39, 0.29) is 11.6 Å². The SMILES string of the molecule is CCn1c[n+](CC)c(-c2ccccc2F)c1-c1ccccc1F. The van der Waals surface area contributed by atoms with Crippen LogP contribution < -0.4 is 4.57 Å². The molecule has 2 aromatic carbocycles. The minimum atomic E-state index is -0.304. The van der Waals surface area contributed by atoms with Crippen LogP contribution in [-0.2, 0) is 13.1 Å². The maximum absolute atomic E-state index is 14.4. The highest BCUT2D eigenvalue weighted by molar-refractivity contribution is 5.77. The van der Waals surface area contributed by atoms with Crippen molar-refractivity contribution in [3.63, 3.8) is 0 Å². The molecule has 1 heterocycles. The van der Waals surface area contributed by atoms with Crippen LogP contribution in [0, 0.1) is 11.6 Å². The van der Waals surface area contributed by atoms with Gasteiger partial charge in [-0.3, -0.25) is 0 Å². The van der Waals surface area contributed by atoms with E-state index < -0.39 is 0 Å². The van der Waals surface area contributed by atoms with Gasteiger partial charge in [0, 0.05) is 0 Å². The largest absolute Gasteiger partial charge is 0.244 e. The summed E-state index contributed by atoms with van der Waals surface area (Å²) in [4.78, 5) is 0. The second-order valence-electron chi connectivity index (χ2n) is 5.34. The van der Waals surface area contributed by atoms with Gasteiger partial charge < -0.3 is 0 Å². The van der Waals surface area contributed by atoms with Crippen LogP contribution in [0.4, 0.5) is 8.78 Å². The molecule has 1 aromatic heterocycles. The molecule has 118 valence electrons. The van der Waals surface area contributed by atoms with Crippen molar-refractivity contribution in [2.45, 2.75) is 26.9 Å². The number of hydrogen-bond acceptors (Lipinski definition) is 0. The van der Waals surface area contributed by atoms with Crippen molar-refractivity contribution in [1.29, 1.82) is 0 Å². The maximum Gasteiger partial charge on any atom is 0.244 e. The van der Waals surface area contributed by atoms with Crippen molar-refractivity contribution >= 4 is 0 Å². The summed E-state index contributed by atoms with van der Waals surface area (Å²) in [6, 6.07) is 13.3. The Balaban J connectivity index is 2.37. The zero-order valence-corrected chi connectivity index (χ0v) is 13.3. The van der Waals surface area contributed by atoms with Crippen molar-refractivity contribution in [2.24, 2.45) is 0 Å². The standard InChI is InChI=1S/C19H19F2N2/c1-3-22-13-23(4-2)19(15-10-6-8-12-17(15)21)18(22)14-9-5-7-11-16(14)20/h5-13H,3-4H2,1-2H3/q+1. The first-order chi connectivity index (χ1) is 11.2. The summed E-state index contributed by atoms with van der Waals surface area (Å²) >= 11 is 0. The van der Waals surface area contributed by atoms with Gasteiger partial charge in [-0.05, 0) is 38.1 Å². The van der Waals surface area contributed by atoms with Gasteiger partial charge in [-0.15, -0.1) is 0 Å².